The molecule has 0 unspecified atom stereocenters. The van der Waals surface area contributed by atoms with E-state index in [4.69, 9.17) is 0 Å². The Morgan fingerprint density at radius 3 is 0.895 bits per heavy atom. The van der Waals surface area contributed by atoms with Crippen molar-refractivity contribution >= 4 is 0 Å². The molecular weight excluding hydrogens is 468 g/mol. The summed E-state index contributed by atoms with van der Waals surface area (Å²) in [5.41, 5.74) is 10.2. The fourth-order valence-electron chi connectivity index (χ4n) is 7.15. The van der Waals surface area contributed by atoms with Crippen LogP contribution in [-0.2, 0) is 38.9 Å². The predicted octanol–water partition coefficient (Wildman–Crippen LogP) is 3.40. The van der Waals surface area contributed by atoms with Gasteiger partial charge in [0.25, 0.3) is 0 Å². The molecular formula is C32H58N6. The van der Waals surface area contributed by atoms with E-state index in [0.29, 0.717) is 0 Å². The van der Waals surface area contributed by atoms with Crippen molar-refractivity contribution in [2.75, 3.05) is 98.7 Å². The molecule has 0 radical (unpaired) electrons. The van der Waals surface area contributed by atoms with Gasteiger partial charge in [-0.2, -0.15) is 0 Å². The monoisotopic (exact) mass is 526 g/mol. The van der Waals surface area contributed by atoms with Gasteiger partial charge in [-0.15, -0.1) is 0 Å². The zero-order valence-electron chi connectivity index (χ0n) is 25.8. The Labute approximate surface area is 234 Å². The van der Waals surface area contributed by atoms with Gasteiger partial charge >= 0.3 is 0 Å². The van der Waals surface area contributed by atoms with Crippen molar-refractivity contribution in [2.45, 2.75) is 73.5 Å². The van der Waals surface area contributed by atoms with Gasteiger partial charge in [0, 0.05) is 98.2 Å². The molecule has 4 rings (SSSR count). The Kier molecular flexibility index (Phi) is 11.5. The Balaban J connectivity index is 1.71. The van der Waals surface area contributed by atoms with Gasteiger partial charge in [0.2, 0.25) is 0 Å². The molecule has 3 heterocycles. The van der Waals surface area contributed by atoms with Crippen LogP contribution in [0.2, 0.25) is 0 Å². The van der Waals surface area contributed by atoms with Crippen molar-refractivity contribution in [2.24, 2.45) is 0 Å². The number of piperazine rings is 3. The number of nitrogens with zero attached hydrogens (tertiary/aromatic N) is 6. The molecule has 3 fully saturated rings. The van der Waals surface area contributed by atoms with Crippen LogP contribution in [0.15, 0.2) is 0 Å². The van der Waals surface area contributed by atoms with Crippen LogP contribution in [0.25, 0.3) is 0 Å². The van der Waals surface area contributed by atoms with Crippen LogP contribution in [0.3, 0.4) is 0 Å². The normalized spacial score (nSPS) is 21.9. The van der Waals surface area contributed by atoms with Gasteiger partial charge in [-0.3, -0.25) is 14.7 Å². The molecule has 3 aliphatic heterocycles. The summed E-state index contributed by atoms with van der Waals surface area (Å²) in [7, 11) is 2.27. The summed E-state index contributed by atoms with van der Waals surface area (Å²) >= 11 is 0. The summed E-state index contributed by atoms with van der Waals surface area (Å²) in [6.45, 7) is 32.1. The second kappa shape index (κ2) is 14.6. The lowest BCUT2D eigenvalue weighted by Crippen LogP contribution is -2.46. The van der Waals surface area contributed by atoms with Gasteiger partial charge in [-0.05, 0) is 72.8 Å². The molecule has 38 heavy (non-hydrogen) atoms. The average molecular weight is 527 g/mol. The van der Waals surface area contributed by atoms with Crippen LogP contribution in [0.1, 0.15) is 68.0 Å². The minimum absolute atomic E-state index is 1.14. The number of likely N-dealkylation sites (N-methyl/N-ethyl adjacent to an activating group) is 3. The van der Waals surface area contributed by atoms with E-state index in [9.17, 15) is 0 Å². The second-order valence-corrected chi connectivity index (χ2v) is 11.9. The molecule has 0 aromatic heterocycles. The second-order valence-electron chi connectivity index (χ2n) is 11.9. The molecule has 3 saturated heterocycles. The van der Waals surface area contributed by atoms with Crippen LogP contribution in [-0.4, -0.2) is 128 Å². The van der Waals surface area contributed by atoms with E-state index in [-0.39, 0.29) is 0 Å². The van der Waals surface area contributed by atoms with Crippen molar-refractivity contribution in [1.82, 2.24) is 29.4 Å². The lowest BCUT2D eigenvalue weighted by Gasteiger charge is -2.38. The standard InChI is InChI=1S/C32H58N6/c1-7-27-30(24-36-14-12-33(6)13-15-36)28(8-2)32(26-38-22-18-35(11-5)19-23-38)29(9-3)31(27)25-37-20-16-34(10-4)17-21-37/h7-26H2,1-6H3. The van der Waals surface area contributed by atoms with E-state index in [1.807, 2.05) is 0 Å². The highest BCUT2D eigenvalue weighted by molar-refractivity contribution is 5.52. The van der Waals surface area contributed by atoms with Crippen LogP contribution < -0.4 is 0 Å². The van der Waals surface area contributed by atoms with Gasteiger partial charge in [0.1, 0.15) is 0 Å². The molecule has 0 atom stereocenters. The number of rotatable bonds is 11. The van der Waals surface area contributed by atoms with Crippen LogP contribution in [0.4, 0.5) is 0 Å². The summed E-state index contributed by atoms with van der Waals surface area (Å²) < 4.78 is 0. The quantitative estimate of drug-likeness (QED) is 0.437. The minimum Gasteiger partial charge on any atom is -0.304 e. The maximum Gasteiger partial charge on any atom is 0.0240 e. The highest BCUT2D eigenvalue weighted by Gasteiger charge is 2.27. The average Bonchev–Trinajstić information content (AvgIpc) is 2.95. The molecule has 1 aromatic rings. The van der Waals surface area contributed by atoms with Gasteiger partial charge in [0.15, 0.2) is 0 Å². The Hall–Kier alpha value is -1.02. The van der Waals surface area contributed by atoms with Crippen LogP contribution >= 0.6 is 0 Å². The van der Waals surface area contributed by atoms with Gasteiger partial charge in [-0.1, -0.05) is 34.6 Å². The van der Waals surface area contributed by atoms with Crippen molar-refractivity contribution in [3.05, 3.63) is 33.4 Å². The fraction of sp³-hybridized carbons (Fsp3) is 0.812. The molecule has 0 saturated carbocycles. The third-order valence-corrected chi connectivity index (χ3v) is 9.81. The third kappa shape index (κ3) is 7.18. The lowest BCUT2D eigenvalue weighted by molar-refractivity contribution is 0.129. The summed E-state index contributed by atoms with van der Waals surface area (Å²) in [6.07, 6.45) is 3.47. The SMILES string of the molecule is CCc1c(CN2CCN(C)CC2)c(CC)c(CN2CCN(CC)CC2)c(CC)c1CN1CCN(CC)CC1. The first-order valence-corrected chi connectivity index (χ1v) is 16.0. The molecule has 0 aliphatic carbocycles. The first-order valence-electron chi connectivity index (χ1n) is 16.0. The molecule has 6 heteroatoms. The van der Waals surface area contributed by atoms with Crippen LogP contribution in [0, 0.1) is 0 Å². The van der Waals surface area contributed by atoms with Gasteiger partial charge in [0.05, 0.1) is 0 Å². The molecule has 0 spiro atoms. The van der Waals surface area contributed by atoms with Crippen molar-refractivity contribution < 1.29 is 0 Å². The summed E-state index contributed by atoms with van der Waals surface area (Å²) in [5.74, 6) is 0. The summed E-state index contributed by atoms with van der Waals surface area (Å²) in [4.78, 5) is 16.0. The third-order valence-electron chi connectivity index (χ3n) is 9.81. The van der Waals surface area contributed by atoms with Gasteiger partial charge < -0.3 is 14.7 Å². The molecule has 1 aromatic carbocycles. The predicted molar refractivity (Wildman–Crippen MR) is 162 cm³/mol. The smallest absolute Gasteiger partial charge is 0.0240 e. The number of hydrogen-bond donors (Lipinski definition) is 0. The Morgan fingerprint density at radius 1 is 0.368 bits per heavy atom. The van der Waals surface area contributed by atoms with Crippen molar-refractivity contribution in [1.29, 1.82) is 0 Å². The topological polar surface area (TPSA) is 19.4 Å². The summed E-state index contributed by atoms with van der Waals surface area (Å²) in [5, 5.41) is 0. The molecule has 0 bridgehead atoms. The highest BCUT2D eigenvalue weighted by Crippen LogP contribution is 2.34. The zero-order chi connectivity index (χ0) is 27.1. The van der Waals surface area contributed by atoms with E-state index in [1.54, 1.807) is 33.4 Å². The maximum absolute atomic E-state index is 2.76. The van der Waals surface area contributed by atoms with E-state index >= 15 is 0 Å². The van der Waals surface area contributed by atoms with Crippen LogP contribution in [0.5, 0.6) is 0 Å². The number of benzene rings is 1. The molecule has 3 aliphatic rings. The van der Waals surface area contributed by atoms with E-state index in [1.165, 1.54) is 91.6 Å². The van der Waals surface area contributed by atoms with Crippen molar-refractivity contribution in [3.8, 4) is 0 Å². The summed E-state index contributed by atoms with van der Waals surface area (Å²) in [6, 6.07) is 0. The van der Waals surface area contributed by atoms with E-state index in [2.05, 4.69) is 71.1 Å². The fourth-order valence-corrected chi connectivity index (χ4v) is 7.15. The molecule has 0 amide bonds. The first-order chi connectivity index (χ1) is 18.5. The first kappa shape index (κ1) is 30.0. The molecule has 0 N–H and O–H groups in total. The molecule has 216 valence electrons. The molecule has 6 nitrogen and oxygen atoms in total. The van der Waals surface area contributed by atoms with Gasteiger partial charge in [-0.25, -0.2) is 0 Å². The van der Waals surface area contributed by atoms with Crippen molar-refractivity contribution in [3.63, 3.8) is 0 Å². The van der Waals surface area contributed by atoms with E-state index < -0.39 is 0 Å². The zero-order valence-corrected chi connectivity index (χ0v) is 25.8. The Morgan fingerprint density at radius 2 is 0.632 bits per heavy atom. The largest absolute Gasteiger partial charge is 0.304 e. The lowest BCUT2D eigenvalue weighted by atomic mass is 9.82. The maximum atomic E-state index is 2.76. The number of hydrogen-bond acceptors (Lipinski definition) is 6. The van der Waals surface area contributed by atoms with E-state index in [0.717, 1.165) is 38.9 Å². The Bertz CT molecular complexity index is 806. The highest BCUT2D eigenvalue weighted by atomic mass is 15.3. The minimum atomic E-state index is 1.14.